The van der Waals surface area contributed by atoms with Crippen LogP contribution in [-0.4, -0.2) is 49.6 Å². The molecule has 2 aromatic rings. The molecule has 1 heterocycles. The molecule has 1 fully saturated rings. The number of likely N-dealkylation sites (tertiary alicyclic amines) is 1. The van der Waals surface area contributed by atoms with Crippen molar-refractivity contribution in [1.82, 2.24) is 10.2 Å². The minimum atomic E-state index is -0.128. The summed E-state index contributed by atoms with van der Waals surface area (Å²) >= 11 is 5.96. The van der Waals surface area contributed by atoms with Gasteiger partial charge in [-0.2, -0.15) is 0 Å². The lowest BCUT2D eigenvalue weighted by Gasteiger charge is -2.32. The van der Waals surface area contributed by atoms with Gasteiger partial charge in [-0.05, 0) is 62.1 Å². The molecule has 2 aromatic carbocycles. The van der Waals surface area contributed by atoms with Gasteiger partial charge in [-0.15, -0.1) is 0 Å². The lowest BCUT2D eigenvalue weighted by Crippen LogP contribution is -2.46. The van der Waals surface area contributed by atoms with E-state index >= 15 is 0 Å². The fraction of sp³-hybridized carbons (Fsp3) is 0.417. The van der Waals surface area contributed by atoms with Gasteiger partial charge in [0.2, 0.25) is 5.91 Å². The molecule has 2 amide bonds. The molecule has 1 saturated heterocycles. The molecule has 31 heavy (non-hydrogen) atoms. The molecule has 7 heteroatoms. The van der Waals surface area contributed by atoms with Gasteiger partial charge in [0, 0.05) is 36.1 Å². The van der Waals surface area contributed by atoms with E-state index in [4.69, 9.17) is 21.1 Å². The van der Waals surface area contributed by atoms with Gasteiger partial charge in [0.1, 0.15) is 0 Å². The van der Waals surface area contributed by atoms with Crippen molar-refractivity contribution in [3.63, 3.8) is 0 Å². The van der Waals surface area contributed by atoms with Gasteiger partial charge in [0.25, 0.3) is 5.91 Å². The molecule has 0 bridgehead atoms. The van der Waals surface area contributed by atoms with Gasteiger partial charge in [-0.25, -0.2) is 0 Å². The Morgan fingerprint density at radius 1 is 1.13 bits per heavy atom. The van der Waals surface area contributed by atoms with Crippen molar-refractivity contribution in [2.45, 2.75) is 38.6 Å². The molecule has 0 atom stereocenters. The second-order valence-corrected chi connectivity index (χ2v) is 7.99. The molecule has 6 nitrogen and oxygen atoms in total. The maximum atomic E-state index is 12.7. The molecule has 0 radical (unpaired) electrons. The summed E-state index contributed by atoms with van der Waals surface area (Å²) in [6.45, 7) is 3.79. The Kier molecular flexibility index (Phi) is 8.18. The van der Waals surface area contributed by atoms with E-state index in [0.717, 1.165) is 18.4 Å². The lowest BCUT2D eigenvalue weighted by atomic mass is 10.0. The number of benzene rings is 2. The Morgan fingerprint density at radius 2 is 1.90 bits per heavy atom. The van der Waals surface area contributed by atoms with Crippen LogP contribution >= 0.6 is 11.6 Å². The van der Waals surface area contributed by atoms with Crippen molar-refractivity contribution < 1.29 is 19.1 Å². The molecule has 0 unspecified atom stereocenters. The van der Waals surface area contributed by atoms with E-state index in [2.05, 4.69) is 5.32 Å². The number of methoxy groups -OCH3 is 1. The highest BCUT2D eigenvalue weighted by Gasteiger charge is 2.24. The number of ether oxygens (including phenoxy) is 2. The van der Waals surface area contributed by atoms with Crippen LogP contribution in [0, 0.1) is 0 Å². The van der Waals surface area contributed by atoms with Crippen molar-refractivity contribution in [1.29, 1.82) is 0 Å². The zero-order valence-corrected chi connectivity index (χ0v) is 18.8. The molecule has 1 N–H and O–H groups in total. The number of carbonyl (C=O) groups is 2. The van der Waals surface area contributed by atoms with Crippen molar-refractivity contribution in [2.24, 2.45) is 0 Å². The molecular formula is C24H29ClN2O4. The molecule has 166 valence electrons. The fourth-order valence-corrected chi connectivity index (χ4v) is 3.91. The average molecular weight is 445 g/mol. The number of hydrogen-bond donors (Lipinski definition) is 1. The third kappa shape index (κ3) is 6.37. The number of amides is 2. The first-order chi connectivity index (χ1) is 15.0. The minimum absolute atomic E-state index is 0.0610. The van der Waals surface area contributed by atoms with Crippen LogP contribution in [0.3, 0.4) is 0 Å². The predicted molar refractivity (Wildman–Crippen MR) is 121 cm³/mol. The van der Waals surface area contributed by atoms with Crippen LogP contribution in [0.15, 0.2) is 42.5 Å². The Hall–Kier alpha value is -2.73. The normalized spacial score (nSPS) is 14.2. The molecule has 3 rings (SSSR count). The summed E-state index contributed by atoms with van der Waals surface area (Å²) in [4.78, 5) is 26.9. The monoisotopic (exact) mass is 444 g/mol. The minimum Gasteiger partial charge on any atom is -0.493 e. The van der Waals surface area contributed by atoms with Gasteiger partial charge in [-0.1, -0.05) is 23.7 Å². The number of nitrogens with one attached hydrogen (secondary N) is 1. The summed E-state index contributed by atoms with van der Waals surface area (Å²) in [6, 6.07) is 12.8. The van der Waals surface area contributed by atoms with Crippen LogP contribution in [0.5, 0.6) is 11.5 Å². The third-order valence-electron chi connectivity index (χ3n) is 5.43. The lowest BCUT2D eigenvalue weighted by molar-refractivity contribution is -0.132. The van der Waals surface area contributed by atoms with Crippen molar-refractivity contribution in [2.75, 3.05) is 26.8 Å². The molecule has 0 aromatic heterocycles. The Morgan fingerprint density at radius 3 is 2.58 bits per heavy atom. The predicted octanol–water partition coefficient (Wildman–Crippen LogP) is 4.10. The molecule has 1 aliphatic rings. The zero-order valence-electron chi connectivity index (χ0n) is 18.0. The molecule has 0 spiro atoms. The summed E-state index contributed by atoms with van der Waals surface area (Å²) in [6.07, 6.45) is 2.58. The summed E-state index contributed by atoms with van der Waals surface area (Å²) in [5.41, 5.74) is 1.59. The highest BCUT2D eigenvalue weighted by atomic mass is 35.5. The summed E-state index contributed by atoms with van der Waals surface area (Å²) < 4.78 is 10.9. The first-order valence-corrected chi connectivity index (χ1v) is 11.0. The van der Waals surface area contributed by atoms with E-state index in [1.807, 2.05) is 30.0 Å². The first kappa shape index (κ1) is 22.9. The van der Waals surface area contributed by atoms with Crippen molar-refractivity contribution in [3.8, 4) is 11.5 Å². The molecular weight excluding hydrogens is 416 g/mol. The Labute approximate surface area is 188 Å². The quantitative estimate of drug-likeness (QED) is 0.665. The summed E-state index contributed by atoms with van der Waals surface area (Å²) in [7, 11) is 1.61. The van der Waals surface area contributed by atoms with Crippen LogP contribution in [-0.2, 0) is 11.2 Å². The second-order valence-electron chi connectivity index (χ2n) is 7.56. The van der Waals surface area contributed by atoms with Crippen LogP contribution in [0.1, 0.15) is 42.1 Å². The van der Waals surface area contributed by atoms with Crippen molar-refractivity contribution in [3.05, 3.63) is 58.6 Å². The number of piperidine rings is 1. The standard InChI is InChI=1S/C24H29ClN2O4/c1-3-31-21-9-7-17(15-22(21)30-2)8-10-23(28)27-13-11-20(12-14-27)26-24(29)18-5-4-6-19(25)16-18/h4-7,9,15-16,20H,3,8,10-14H2,1-2H3,(H,26,29). The number of hydrogen-bond acceptors (Lipinski definition) is 4. The van der Waals surface area contributed by atoms with Gasteiger partial charge < -0.3 is 19.7 Å². The Balaban J connectivity index is 1.45. The largest absolute Gasteiger partial charge is 0.493 e. The second kappa shape index (κ2) is 11.0. The first-order valence-electron chi connectivity index (χ1n) is 10.6. The van der Waals surface area contributed by atoms with Gasteiger partial charge in [0.15, 0.2) is 11.5 Å². The fourth-order valence-electron chi connectivity index (χ4n) is 3.72. The van der Waals surface area contributed by atoms with Gasteiger partial charge >= 0.3 is 0 Å². The van der Waals surface area contributed by atoms with Crippen molar-refractivity contribution >= 4 is 23.4 Å². The van der Waals surface area contributed by atoms with E-state index in [1.54, 1.807) is 31.4 Å². The topological polar surface area (TPSA) is 67.9 Å². The highest BCUT2D eigenvalue weighted by Crippen LogP contribution is 2.28. The maximum absolute atomic E-state index is 12.7. The van der Waals surface area contributed by atoms with Crippen LogP contribution in [0.25, 0.3) is 0 Å². The molecule has 1 aliphatic heterocycles. The van der Waals surface area contributed by atoms with Crippen LogP contribution in [0.2, 0.25) is 5.02 Å². The van der Waals surface area contributed by atoms with Crippen LogP contribution in [0.4, 0.5) is 0 Å². The van der Waals surface area contributed by atoms with E-state index < -0.39 is 0 Å². The van der Waals surface area contributed by atoms with Gasteiger partial charge in [0.05, 0.1) is 13.7 Å². The zero-order chi connectivity index (χ0) is 22.2. The Bertz CT molecular complexity index is 910. The molecule has 0 aliphatic carbocycles. The summed E-state index contributed by atoms with van der Waals surface area (Å²) in [5, 5.41) is 3.59. The highest BCUT2D eigenvalue weighted by molar-refractivity contribution is 6.30. The van der Waals surface area contributed by atoms with Crippen LogP contribution < -0.4 is 14.8 Å². The average Bonchev–Trinajstić information content (AvgIpc) is 2.78. The number of aryl methyl sites for hydroxylation is 1. The van der Waals surface area contributed by atoms with E-state index in [9.17, 15) is 9.59 Å². The number of carbonyl (C=O) groups excluding carboxylic acids is 2. The maximum Gasteiger partial charge on any atom is 0.251 e. The van der Waals surface area contributed by atoms with E-state index in [1.165, 1.54) is 0 Å². The smallest absolute Gasteiger partial charge is 0.251 e. The van der Waals surface area contributed by atoms with Gasteiger partial charge in [-0.3, -0.25) is 9.59 Å². The molecule has 0 saturated carbocycles. The SMILES string of the molecule is CCOc1ccc(CCC(=O)N2CCC(NC(=O)c3cccc(Cl)c3)CC2)cc1OC. The summed E-state index contributed by atoms with van der Waals surface area (Å²) in [5.74, 6) is 1.40. The van der Waals surface area contributed by atoms with E-state index in [-0.39, 0.29) is 17.9 Å². The number of rotatable bonds is 8. The third-order valence-corrected chi connectivity index (χ3v) is 5.66. The number of nitrogens with zero attached hydrogens (tertiary/aromatic N) is 1. The number of halogens is 1. The van der Waals surface area contributed by atoms with E-state index in [0.29, 0.717) is 54.6 Å².